The van der Waals surface area contributed by atoms with Gasteiger partial charge in [0, 0.05) is 4.88 Å². The molecule has 1 aliphatic carbocycles. The number of hydrogen-bond donors (Lipinski definition) is 0. The van der Waals surface area contributed by atoms with Crippen molar-refractivity contribution in [3.05, 3.63) is 21.4 Å². The van der Waals surface area contributed by atoms with Crippen LogP contribution in [0.15, 0.2) is 5.38 Å². The van der Waals surface area contributed by atoms with Gasteiger partial charge in [-0.3, -0.25) is 9.59 Å². The molecule has 1 aromatic heterocycles. The first kappa shape index (κ1) is 13.6. The smallest absolute Gasteiger partial charge is 0.154 e. The Morgan fingerprint density at radius 3 is 2.24 bits per heavy atom. The number of ketones is 2. The second-order valence-corrected chi connectivity index (χ2v) is 7.35. The highest BCUT2D eigenvalue weighted by Gasteiger charge is 2.63. The summed E-state index contributed by atoms with van der Waals surface area (Å²) >= 11 is 1.70. The Kier molecular flexibility index (Phi) is 3.09. The fraction of sp³-hybridized carbons (Fsp3) is 0.647. The minimum absolute atomic E-state index is 0.00948. The van der Waals surface area contributed by atoms with Crippen LogP contribution in [0.2, 0.25) is 0 Å². The minimum atomic E-state index is -0.497. The van der Waals surface area contributed by atoms with Crippen molar-refractivity contribution in [3.8, 4) is 0 Å². The Hall–Kier alpha value is -1.00. The predicted octanol–water partition coefficient (Wildman–Crippen LogP) is 2.90. The van der Waals surface area contributed by atoms with Crippen LogP contribution in [0.25, 0.3) is 0 Å². The molecule has 1 saturated carbocycles. The van der Waals surface area contributed by atoms with E-state index in [1.807, 2.05) is 0 Å². The van der Waals surface area contributed by atoms with Crippen LogP contribution in [0.5, 0.6) is 0 Å². The summed E-state index contributed by atoms with van der Waals surface area (Å²) in [5.41, 5.74) is 2.24. The molecule has 2 saturated heterocycles. The van der Waals surface area contributed by atoms with Crippen LogP contribution >= 0.6 is 11.3 Å². The maximum atomic E-state index is 12.9. The number of ether oxygens (including phenoxy) is 1. The van der Waals surface area contributed by atoms with Gasteiger partial charge in [-0.25, -0.2) is 0 Å². The van der Waals surface area contributed by atoms with Gasteiger partial charge in [-0.2, -0.15) is 0 Å². The zero-order valence-corrected chi connectivity index (χ0v) is 13.2. The van der Waals surface area contributed by atoms with Crippen molar-refractivity contribution in [2.45, 2.75) is 57.7 Å². The topological polar surface area (TPSA) is 43.4 Å². The van der Waals surface area contributed by atoms with Gasteiger partial charge in [0.2, 0.25) is 0 Å². The zero-order valence-electron chi connectivity index (χ0n) is 12.4. The van der Waals surface area contributed by atoms with Crippen molar-refractivity contribution in [2.24, 2.45) is 11.8 Å². The number of carbonyl (C=O) groups excluding carboxylic acids is 2. The van der Waals surface area contributed by atoms with Crippen LogP contribution in [0.1, 0.15) is 48.6 Å². The van der Waals surface area contributed by atoms with Gasteiger partial charge in [-0.1, -0.05) is 13.8 Å². The maximum absolute atomic E-state index is 12.9. The van der Waals surface area contributed by atoms with Gasteiger partial charge >= 0.3 is 0 Å². The van der Waals surface area contributed by atoms with E-state index < -0.39 is 5.92 Å². The zero-order chi connectivity index (χ0) is 14.7. The highest BCUT2D eigenvalue weighted by atomic mass is 32.1. The molecular weight excluding hydrogens is 284 g/mol. The highest BCUT2D eigenvalue weighted by Crippen LogP contribution is 2.53. The Labute approximate surface area is 128 Å². The van der Waals surface area contributed by atoms with Gasteiger partial charge in [0.1, 0.15) is 5.92 Å². The molecular formula is C17H20O3S. The molecule has 4 rings (SSSR count). The molecule has 1 unspecified atom stereocenters. The van der Waals surface area contributed by atoms with Gasteiger partial charge in [-0.15, -0.1) is 11.3 Å². The van der Waals surface area contributed by atoms with E-state index in [2.05, 4.69) is 19.2 Å². The summed E-state index contributed by atoms with van der Waals surface area (Å²) in [4.78, 5) is 27.1. The Bertz CT molecular complexity index is 568. The van der Waals surface area contributed by atoms with E-state index in [-0.39, 0.29) is 35.6 Å². The average molecular weight is 304 g/mol. The van der Waals surface area contributed by atoms with Crippen LogP contribution in [-0.2, 0) is 27.2 Å². The Morgan fingerprint density at radius 2 is 1.71 bits per heavy atom. The van der Waals surface area contributed by atoms with E-state index >= 15 is 0 Å². The summed E-state index contributed by atoms with van der Waals surface area (Å²) in [5.74, 6) is -0.533. The van der Waals surface area contributed by atoms with E-state index in [9.17, 15) is 9.59 Å². The average Bonchev–Trinajstić information content (AvgIpc) is 3.22. The lowest BCUT2D eigenvalue weighted by Crippen LogP contribution is -2.29. The monoisotopic (exact) mass is 304 g/mol. The van der Waals surface area contributed by atoms with Crippen molar-refractivity contribution in [3.63, 3.8) is 0 Å². The summed E-state index contributed by atoms with van der Waals surface area (Å²) in [6.07, 6.45) is 3.70. The lowest BCUT2D eigenvalue weighted by molar-refractivity contribution is -0.127. The number of rotatable bonds is 3. The number of aryl methyl sites for hydroxylation is 2. The third kappa shape index (κ3) is 1.69. The second-order valence-electron chi connectivity index (χ2n) is 6.38. The second kappa shape index (κ2) is 4.75. The first-order valence-corrected chi connectivity index (χ1v) is 8.87. The third-order valence-corrected chi connectivity index (χ3v) is 6.68. The molecule has 0 aromatic carbocycles. The van der Waals surface area contributed by atoms with Gasteiger partial charge in [0.05, 0.1) is 24.0 Å². The summed E-state index contributed by atoms with van der Waals surface area (Å²) in [6.45, 7) is 4.20. The van der Waals surface area contributed by atoms with E-state index in [1.54, 1.807) is 11.3 Å². The highest BCUT2D eigenvalue weighted by molar-refractivity contribution is 7.10. The summed E-state index contributed by atoms with van der Waals surface area (Å²) in [6, 6.07) is 0. The molecule has 1 aromatic rings. The molecule has 0 radical (unpaired) electrons. The maximum Gasteiger partial charge on any atom is 0.154 e. The summed E-state index contributed by atoms with van der Waals surface area (Å²) in [7, 11) is 0. The molecule has 0 N–H and O–H groups in total. The minimum Gasteiger partial charge on any atom is -0.373 e. The molecule has 3 aliphatic rings. The molecule has 2 bridgehead atoms. The van der Waals surface area contributed by atoms with Gasteiger partial charge < -0.3 is 4.74 Å². The molecule has 5 atom stereocenters. The normalized spacial score (nSPS) is 37.5. The van der Waals surface area contributed by atoms with Crippen LogP contribution in [0.3, 0.4) is 0 Å². The van der Waals surface area contributed by atoms with Crippen LogP contribution < -0.4 is 0 Å². The predicted molar refractivity (Wildman–Crippen MR) is 80.7 cm³/mol. The Balaban J connectivity index is 1.78. The van der Waals surface area contributed by atoms with E-state index in [0.29, 0.717) is 0 Å². The first-order chi connectivity index (χ1) is 10.2. The molecule has 0 spiro atoms. The molecule has 3 nitrogen and oxygen atoms in total. The van der Waals surface area contributed by atoms with Crippen molar-refractivity contribution < 1.29 is 14.3 Å². The van der Waals surface area contributed by atoms with Crippen molar-refractivity contribution in [1.82, 2.24) is 0 Å². The standard InChI is InChI=1S/C17H20O3S/c1-3-8-7-21-11(4-2)12(8)15-16(18)13-9-5-6-10(20-9)14(13)17(15)19/h7,9-10,13-15H,3-6H2,1-2H3/t9-,10+,13+,14-,15?. The molecule has 2 aliphatic heterocycles. The lowest BCUT2D eigenvalue weighted by atomic mass is 9.81. The molecule has 21 heavy (non-hydrogen) atoms. The fourth-order valence-corrected chi connectivity index (χ4v) is 5.67. The summed E-state index contributed by atoms with van der Waals surface area (Å²) < 4.78 is 5.82. The Morgan fingerprint density at radius 1 is 1.10 bits per heavy atom. The van der Waals surface area contributed by atoms with Crippen LogP contribution in [0.4, 0.5) is 0 Å². The molecule has 112 valence electrons. The molecule has 4 heteroatoms. The van der Waals surface area contributed by atoms with Gasteiger partial charge in [0.15, 0.2) is 11.6 Å². The molecule has 3 heterocycles. The lowest BCUT2D eigenvalue weighted by Gasteiger charge is -2.16. The number of carbonyl (C=O) groups is 2. The number of fused-ring (bicyclic) bond motifs is 5. The van der Waals surface area contributed by atoms with E-state index in [0.717, 1.165) is 31.2 Å². The van der Waals surface area contributed by atoms with Gasteiger partial charge in [0.25, 0.3) is 0 Å². The third-order valence-electron chi connectivity index (χ3n) is 5.48. The van der Waals surface area contributed by atoms with Crippen molar-refractivity contribution in [2.75, 3.05) is 0 Å². The molecule has 3 fully saturated rings. The van der Waals surface area contributed by atoms with Crippen LogP contribution in [-0.4, -0.2) is 23.8 Å². The fourth-order valence-electron chi connectivity index (χ4n) is 4.55. The SMILES string of the molecule is CCc1csc(CC)c1C1C(=O)[C@@H]2[C@H](C1=O)[C@@H]1CC[C@H]2O1. The first-order valence-electron chi connectivity index (χ1n) is 7.99. The number of Topliss-reactive ketones (excluding diaryl/α,β-unsaturated/α-hetero) is 2. The van der Waals surface area contributed by atoms with E-state index in [4.69, 9.17) is 4.74 Å². The van der Waals surface area contributed by atoms with Crippen molar-refractivity contribution >= 4 is 22.9 Å². The van der Waals surface area contributed by atoms with E-state index in [1.165, 1.54) is 10.4 Å². The largest absolute Gasteiger partial charge is 0.373 e. The number of thiophene rings is 1. The molecule has 0 amide bonds. The summed E-state index contributed by atoms with van der Waals surface area (Å²) in [5, 5.41) is 2.13. The van der Waals surface area contributed by atoms with Crippen molar-refractivity contribution in [1.29, 1.82) is 0 Å². The van der Waals surface area contributed by atoms with Crippen LogP contribution in [0, 0.1) is 11.8 Å². The number of hydrogen-bond acceptors (Lipinski definition) is 4. The quantitative estimate of drug-likeness (QED) is 0.807. The van der Waals surface area contributed by atoms with Gasteiger partial charge in [-0.05, 0) is 42.2 Å².